The van der Waals surface area contributed by atoms with E-state index in [1.165, 1.54) is 0 Å². The Kier molecular flexibility index (Phi) is 6.15. The van der Waals surface area contributed by atoms with Gasteiger partial charge in [0.15, 0.2) is 0 Å². The molecule has 0 bridgehead atoms. The Morgan fingerprint density at radius 2 is 1.29 bits per heavy atom. The van der Waals surface area contributed by atoms with E-state index in [0.29, 0.717) is 44.6 Å². The number of hydrogen-bond acceptors (Lipinski definition) is 3. The van der Waals surface area contributed by atoms with Crippen LogP contribution in [-0.2, 0) is 4.79 Å². The van der Waals surface area contributed by atoms with Crippen LogP contribution in [0, 0.1) is 0 Å². The maximum Gasteiger partial charge on any atom is 0.254 e. The molecule has 2 aromatic carbocycles. The zero-order chi connectivity index (χ0) is 20.1. The van der Waals surface area contributed by atoms with Gasteiger partial charge in [0, 0.05) is 31.7 Å². The fraction of sp³-hybridized carbons (Fsp3) is 0.391. The zero-order valence-electron chi connectivity index (χ0n) is 16.6. The Balaban J connectivity index is 0.00000109. The molecule has 2 aromatic rings. The summed E-state index contributed by atoms with van der Waals surface area (Å²) in [5, 5.41) is 9.95. The largest absolute Gasteiger partial charge is 0.380 e. The number of benzene rings is 2. The Morgan fingerprint density at radius 3 is 1.82 bits per heavy atom. The molecule has 2 aliphatic rings. The lowest BCUT2D eigenvalue weighted by molar-refractivity contribution is -0.143. The summed E-state index contributed by atoms with van der Waals surface area (Å²) < 4.78 is 0. The molecule has 2 amide bonds. The molecule has 2 fully saturated rings. The van der Waals surface area contributed by atoms with Crippen molar-refractivity contribution in [2.75, 3.05) is 26.2 Å². The van der Waals surface area contributed by atoms with E-state index in [1.807, 2.05) is 68.4 Å². The molecule has 4 rings (SSSR count). The van der Waals surface area contributed by atoms with E-state index in [1.54, 1.807) is 9.80 Å². The highest BCUT2D eigenvalue weighted by molar-refractivity contribution is 5.95. The Bertz CT molecular complexity index is 806. The first-order valence-corrected chi connectivity index (χ1v) is 10.0. The molecule has 1 saturated heterocycles. The van der Waals surface area contributed by atoms with Crippen molar-refractivity contribution in [2.24, 2.45) is 0 Å². The summed E-state index contributed by atoms with van der Waals surface area (Å²) in [6.07, 6.45) is 1.11. The van der Waals surface area contributed by atoms with Crippen LogP contribution in [-0.4, -0.2) is 58.5 Å². The summed E-state index contributed by atoms with van der Waals surface area (Å²) in [5.74, 6) is -0.196. The molecular formula is C23H28N2O3. The van der Waals surface area contributed by atoms with Gasteiger partial charge < -0.3 is 14.9 Å². The summed E-state index contributed by atoms with van der Waals surface area (Å²) in [5.41, 5.74) is 1.73. The fourth-order valence-corrected chi connectivity index (χ4v) is 3.36. The lowest BCUT2D eigenvalue weighted by Crippen LogP contribution is -2.53. The van der Waals surface area contributed by atoms with Crippen molar-refractivity contribution in [3.8, 4) is 11.1 Å². The fourth-order valence-electron chi connectivity index (χ4n) is 3.36. The third-order valence-corrected chi connectivity index (χ3v) is 5.21. The molecule has 0 atom stereocenters. The highest BCUT2D eigenvalue weighted by Crippen LogP contribution is 2.37. The summed E-state index contributed by atoms with van der Waals surface area (Å²) in [7, 11) is 0. The number of rotatable bonds is 3. The molecule has 148 valence electrons. The molecule has 5 nitrogen and oxygen atoms in total. The molecule has 1 N–H and O–H groups in total. The predicted molar refractivity (Wildman–Crippen MR) is 110 cm³/mol. The summed E-state index contributed by atoms with van der Waals surface area (Å²) in [6, 6.07) is 17.7. The predicted octanol–water partition coefficient (Wildman–Crippen LogP) is 3.19. The second-order valence-corrected chi connectivity index (χ2v) is 7.06. The molecule has 1 aliphatic carbocycles. The second-order valence-electron chi connectivity index (χ2n) is 7.06. The van der Waals surface area contributed by atoms with Crippen LogP contribution in [0.5, 0.6) is 0 Å². The first kappa shape index (κ1) is 20.1. The van der Waals surface area contributed by atoms with Crippen LogP contribution < -0.4 is 0 Å². The van der Waals surface area contributed by atoms with E-state index < -0.39 is 5.60 Å². The number of carbonyl (C=O) groups is 2. The molecule has 0 spiro atoms. The van der Waals surface area contributed by atoms with Gasteiger partial charge >= 0.3 is 0 Å². The van der Waals surface area contributed by atoms with Crippen LogP contribution in [0.3, 0.4) is 0 Å². The van der Waals surface area contributed by atoms with Gasteiger partial charge in [-0.2, -0.15) is 0 Å². The van der Waals surface area contributed by atoms with Gasteiger partial charge in [0.05, 0.1) is 0 Å². The van der Waals surface area contributed by atoms with Crippen molar-refractivity contribution in [2.45, 2.75) is 32.3 Å². The first-order valence-electron chi connectivity index (χ1n) is 10.0. The van der Waals surface area contributed by atoms with Crippen molar-refractivity contribution >= 4 is 11.8 Å². The summed E-state index contributed by atoms with van der Waals surface area (Å²) >= 11 is 0. The highest BCUT2D eigenvalue weighted by Gasteiger charge is 2.50. The maximum absolute atomic E-state index is 12.7. The summed E-state index contributed by atoms with van der Waals surface area (Å²) in [4.78, 5) is 28.3. The number of nitrogens with zero attached hydrogens (tertiary/aromatic N) is 2. The monoisotopic (exact) mass is 380 g/mol. The van der Waals surface area contributed by atoms with Gasteiger partial charge in [-0.25, -0.2) is 0 Å². The van der Waals surface area contributed by atoms with E-state index in [0.717, 1.165) is 11.1 Å². The van der Waals surface area contributed by atoms with Gasteiger partial charge in [-0.1, -0.05) is 56.3 Å². The first-order chi connectivity index (χ1) is 13.6. The smallest absolute Gasteiger partial charge is 0.254 e. The van der Waals surface area contributed by atoms with Crippen LogP contribution >= 0.6 is 0 Å². The summed E-state index contributed by atoms with van der Waals surface area (Å²) in [6.45, 7) is 5.96. The molecule has 0 unspecified atom stereocenters. The van der Waals surface area contributed by atoms with Crippen LogP contribution in [0.25, 0.3) is 11.1 Å². The van der Waals surface area contributed by atoms with Crippen LogP contribution in [0.4, 0.5) is 0 Å². The molecule has 1 saturated carbocycles. The Hall–Kier alpha value is -2.66. The minimum absolute atomic E-state index is 0.0122. The quantitative estimate of drug-likeness (QED) is 0.890. The van der Waals surface area contributed by atoms with E-state index >= 15 is 0 Å². The average molecular weight is 380 g/mol. The zero-order valence-corrected chi connectivity index (χ0v) is 16.6. The molecule has 0 radical (unpaired) electrons. The maximum atomic E-state index is 12.7. The number of piperazine rings is 1. The van der Waals surface area contributed by atoms with Crippen molar-refractivity contribution in [1.82, 2.24) is 9.80 Å². The topological polar surface area (TPSA) is 60.9 Å². The molecule has 0 aromatic heterocycles. The number of hydrogen-bond donors (Lipinski definition) is 1. The van der Waals surface area contributed by atoms with Crippen molar-refractivity contribution in [3.63, 3.8) is 0 Å². The van der Waals surface area contributed by atoms with Gasteiger partial charge in [-0.05, 0) is 36.1 Å². The van der Waals surface area contributed by atoms with Gasteiger partial charge in [0.25, 0.3) is 11.8 Å². The minimum Gasteiger partial charge on any atom is -0.380 e. The standard InChI is InChI=1S/C21H22N2O3.C2H6/c24-19(18-8-6-17(7-9-18)16-4-2-1-3-5-16)22-12-14-23(15-13-22)20(25)21(26)10-11-21;1-2/h1-9,26H,10-15H2;1-2H3. The van der Waals surface area contributed by atoms with E-state index in [2.05, 4.69) is 0 Å². The van der Waals surface area contributed by atoms with Crippen LogP contribution in [0.2, 0.25) is 0 Å². The normalized spacial score (nSPS) is 17.4. The highest BCUT2D eigenvalue weighted by atomic mass is 16.3. The number of amides is 2. The molecular weight excluding hydrogens is 352 g/mol. The average Bonchev–Trinajstić information content (AvgIpc) is 3.53. The lowest BCUT2D eigenvalue weighted by Gasteiger charge is -2.35. The Labute approximate surface area is 166 Å². The Morgan fingerprint density at radius 1 is 0.786 bits per heavy atom. The van der Waals surface area contributed by atoms with Gasteiger partial charge in [-0.15, -0.1) is 0 Å². The number of carbonyl (C=O) groups excluding carboxylic acids is 2. The molecule has 5 heteroatoms. The van der Waals surface area contributed by atoms with Crippen molar-refractivity contribution < 1.29 is 14.7 Å². The van der Waals surface area contributed by atoms with Crippen molar-refractivity contribution in [1.29, 1.82) is 0 Å². The third-order valence-electron chi connectivity index (χ3n) is 5.21. The van der Waals surface area contributed by atoms with Crippen LogP contribution in [0.1, 0.15) is 37.0 Å². The molecule has 1 heterocycles. The third kappa shape index (κ3) is 4.25. The van der Waals surface area contributed by atoms with E-state index in [9.17, 15) is 14.7 Å². The van der Waals surface area contributed by atoms with Crippen LogP contribution in [0.15, 0.2) is 54.6 Å². The van der Waals surface area contributed by atoms with E-state index in [-0.39, 0.29) is 11.8 Å². The SMILES string of the molecule is CC.O=C(c1ccc(-c2ccccc2)cc1)N1CCN(C(=O)C2(O)CC2)CC1. The second kappa shape index (κ2) is 8.57. The van der Waals surface area contributed by atoms with Gasteiger partial charge in [0.2, 0.25) is 0 Å². The van der Waals surface area contributed by atoms with Gasteiger partial charge in [-0.3, -0.25) is 9.59 Å². The minimum atomic E-state index is -1.13. The number of aliphatic hydroxyl groups is 1. The molecule has 28 heavy (non-hydrogen) atoms. The van der Waals surface area contributed by atoms with E-state index in [4.69, 9.17) is 0 Å². The lowest BCUT2D eigenvalue weighted by atomic mass is 10.0. The van der Waals surface area contributed by atoms with Gasteiger partial charge in [0.1, 0.15) is 5.60 Å². The van der Waals surface area contributed by atoms with Crippen molar-refractivity contribution in [3.05, 3.63) is 60.2 Å². The molecule has 1 aliphatic heterocycles.